The number of nitrogens with zero attached hydrogens (tertiary/aromatic N) is 7. The maximum absolute atomic E-state index is 14.1. The van der Waals surface area contributed by atoms with Crippen molar-refractivity contribution >= 4 is 51.8 Å². The molecule has 6 rings (SSSR count). The number of halogens is 2. The van der Waals surface area contributed by atoms with Crippen molar-refractivity contribution in [2.24, 2.45) is 0 Å². The fourth-order valence-corrected chi connectivity index (χ4v) is 6.05. The Hall–Kier alpha value is -4.22. The molecule has 2 aliphatic heterocycles. The van der Waals surface area contributed by atoms with Crippen LogP contribution in [0.25, 0.3) is 28.1 Å². The number of ether oxygens (including phenoxy) is 1. The van der Waals surface area contributed by atoms with Crippen molar-refractivity contribution in [2.45, 2.75) is 32.7 Å². The number of carbonyl (C=O) groups excluding carboxylic acids is 1. The van der Waals surface area contributed by atoms with Gasteiger partial charge in [0.25, 0.3) is 0 Å². The number of anilines is 2. The van der Waals surface area contributed by atoms with Crippen LogP contribution >= 0.6 is 23.2 Å². The molecule has 1 fully saturated rings. The lowest BCUT2D eigenvalue weighted by molar-refractivity contribution is -0.126. The van der Waals surface area contributed by atoms with E-state index in [-0.39, 0.29) is 63.1 Å². The summed E-state index contributed by atoms with van der Waals surface area (Å²) in [5, 5.41) is 0.896. The van der Waals surface area contributed by atoms with E-state index >= 15 is 0 Å². The summed E-state index contributed by atoms with van der Waals surface area (Å²) < 4.78 is 7.86. The van der Waals surface area contributed by atoms with Crippen LogP contribution in [0.5, 0.6) is 5.75 Å². The molecule has 13 heteroatoms. The second-order valence-corrected chi connectivity index (χ2v) is 11.4. The van der Waals surface area contributed by atoms with E-state index in [9.17, 15) is 9.59 Å². The van der Waals surface area contributed by atoms with Crippen molar-refractivity contribution in [3.8, 4) is 22.8 Å². The highest BCUT2D eigenvalue weighted by molar-refractivity contribution is 6.37. The average molecular weight is 608 g/mol. The summed E-state index contributed by atoms with van der Waals surface area (Å²) in [6, 6.07) is 4.72. The van der Waals surface area contributed by atoms with Crippen LogP contribution in [0.4, 0.5) is 11.6 Å². The molecule has 0 spiro atoms. The third-order valence-corrected chi connectivity index (χ3v) is 8.24. The molecule has 1 amide bonds. The fraction of sp³-hybridized carbons (Fsp3) is 0.310. The topological polar surface area (TPSA) is 132 Å². The van der Waals surface area contributed by atoms with E-state index in [1.165, 1.54) is 10.6 Å². The average Bonchev–Trinajstić information content (AvgIpc) is 3.13. The first kappa shape index (κ1) is 27.9. The summed E-state index contributed by atoms with van der Waals surface area (Å²) in [6.45, 7) is 10.9. The van der Waals surface area contributed by atoms with E-state index in [2.05, 4.69) is 21.5 Å². The molecule has 2 N–H and O–H groups in total. The van der Waals surface area contributed by atoms with Gasteiger partial charge in [-0.2, -0.15) is 4.98 Å². The SMILES string of the molecule is C=CC(=O)N1CCN2c3nc(=O)n(-c4c(C)ccnc4C(C)C)c4nc(-c5nc(N)ccc5Cl)c(Cl)c(c34)OC[C@H]2C1. The first-order valence-electron chi connectivity index (χ1n) is 13.5. The molecule has 0 aromatic carbocycles. The maximum atomic E-state index is 14.1. The molecular formula is C29H28Cl2N8O3. The number of amides is 1. The fourth-order valence-electron chi connectivity index (χ4n) is 5.58. The number of rotatable bonds is 4. The second-order valence-electron chi connectivity index (χ2n) is 10.6. The van der Waals surface area contributed by atoms with Crippen LogP contribution in [0.2, 0.25) is 10.0 Å². The largest absolute Gasteiger partial charge is 0.489 e. The summed E-state index contributed by atoms with van der Waals surface area (Å²) in [6.07, 6.45) is 3.00. The lowest BCUT2D eigenvalue weighted by Gasteiger charge is -2.40. The Bertz CT molecular complexity index is 1840. The molecule has 0 saturated carbocycles. The normalized spacial score (nSPS) is 16.3. The molecule has 216 valence electrons. The highest BCUT2D eigenvalue weighted by Crippen LogP contribution is 2.46. The molecule has 2 aliphatic rings. The molecule has 1 atom stereocenters. The zero-order chi connectivity index (χ0) is 29.9. The van der Waals surface area contributed by atoms with E-state index in [4.69, 9.17) is 38.7 Å². The summed E-state index contributed by atoms with van der Waals surface area (Å²) in [7, 11) is 0. The quantitative estimate of drug-likeness (QED) is 0.340. The molecule has 0 unspecified atom stereocenters. The maximum Gasteiger partial charge on any atom is 0.355 e. The third kappa shape index (κ3) is 4.44. The van der Waals surface area contributed by atoms with Gasteiger partial charge in [-0.15, -0.1) is 0 Å². The monoisotopic (exact) mass is 606 g/mol. The van der Waals surface area contributed by atoms with Crippen molar-refractivity contribution in [1.29, 1.82) is 0 Å². The Balaban J connectivity index is 1.71. The standard InChI is InChI=1S/C29H28Cl2N8O3/c1-5-19(40)37-10-11-38-16(12-37)13-42-26-20-27(38)36-29(41)39(25-15(4)8-9-33-22(25)14(2)3)28(20)35-24(21(26)31)23-17(30)6-7-18(32)34-23/h5-9,14,16H,1,10-13H2,2-4H3,(H2,32,34)/t16-/m1/s1. The third-order valence-electron chi connectivity index (χ3n) is 7.58. The van der Waals surface area contributed by atoms with Crippen LogP contribution in [-0.2, 0) is 4.79 Å². The number of hydrogen-bond donors (Lipinski definition) is 1. The van der Waals surface area contributed by atoms with Gasteiger partial charge in [0.2, 0.25) is 5.91 Å². The molecule has 42 heavy (non-hydrogen) atoms. The van der Waals surface area contributed by atoms with Gasteiger partial charge in [-0.3, -0.25) is 9.78 Å². The molecule has 1 saturated heterocycles. The predicted molar refractivity (Wildman–Crippen MR) is 163 cm³/mol. The first-order valence-corrected chi connectivity index (χ1v) is 14.2. The Morgan fingerprint density at radius 3 is 2.69 bits per heavy atom. The zero-order valence-corrected chi connectivity index (χ0v) is 24.8. The molecule has 4 aromatic rings. The number of nitrogen functional groups attached to an aromatic ring is 1. The Morgan fingerprint density at radius 1 is 1.17 bits per heavy atom. The van der Waals surface area contributed by atoms with E-state index in [1.54, 1.807) is 23.2 Å². The van der Waals surface area contributed by atoms with Gasteiger partial charge in [0.15, 0.2) is 11.4 Å². The van der Waals surface area contributed by atoms with Crippen molar-refractivity contribution in [1.82, 2.24) is 29.4 Å². The number of aryl methyl sites for hydroxylation is 1. The van der Waals surface area contributed by atoms with Gasteiger partial charge in [0.1, 0.15) is 40.0 Å². The van der Waals surface area contributed by atoms with Crippen LogP contribution in [0.15, 0.2) is 41.8 Å². The van der Waals surface area contributed by atoms with Crippen molar-refractivity contribution < 1.29 is 9.53 Å². The van der Waals surface area contributed by atoms with Crippen LogP contribution in [0, 0.1) is 6.92 Å². The molecule has 11 nitrogen and oxygen atoms in total. The van der Waals surface area contributed by atoms with Gasteiger partial charge in [-0.25, -0.2) is 19.3 Å². The molecule has 0 aliphatic carbocycles. The molecule has 0 radical (unpaired) electrons. The molecule has 6 heterocycles. The van der Waals surface area contributed by atoms with Gasteiger partial charge < -0.3 is 20.3 Å². The summed E-state index contributed by atoms with van der Waals surface area (Å²) in [5.74, 6) is 0.708. The van der Waals surface area contributed by atoms with E-state index in [1.807, 2.05) is 31.7 Å². The van der Waals surface area contributed by atoms with Gasteiger partial charge in [0.05, 0.1) is 22.4 Å². The minimum atomic E-state index is -0.542. The van der Waals surface area contributed by atoms with E-state index in [0.717, 1.165) is 5.56 Å². The Morgan fingerprint density at radius 2 is 1.95 bits per heavy atom. The summed E-state index contributed by atoms with van der Waals surface area (Å²) in [5.41, 5.74) is 8.30. The molecular weight excluding hydrogens is 579 g/mol. The lowest BCUT2D eigenvalue weighted by Crippen LogP contribution is -2.56. The van der Waals surface area contributed by atoms with Crippen LogP contribution < -0.4 is 21.1 Å². The summed E-state index contributed by atoms with van der Waals surface area (Å²) in [4.78, 5) is 48.8. The smallest absolute Gasteiger partial charge is 0.355 e. The Kier molecular flexibility index (Phi) is 7.02. The molecule has 4 aromatic heterocycles. The Labute approximate surface area is 251 Å². The minimum absolute atomic E-state index is 0.00964. The highest BCUT2D eigenvalue weighted by atomic mass is 35.5. The van der Waals surface area contributed by atoms with Gasteiger partial charge >= 0.3 is 5.69 Å². The van der Waals surface area contributed by atoms with Crippen LogP contribution in [0.1, 0.15) is 31.0 Å². The van der Waals surface area contributed by atoms with Gasteiger partial charge in [-0.1, -0.05) is 43.6 Å². The number of hydrogen-bond acceptors (Lipinski definition) is 9. The zero-order valence-electron chi connectivity index (χ0n) is 23.3. The van der Waals surface area contributed by atoms with Crippen molar-refractivity contribution in [2.75, 3.05) is 36.9 Å². The van der Waals surface area contributed by atoms with Gasteiger partial charge in [0, 0.05) is 25.8 Å². The predicted octanol–water partition coefficient (Wildman–Crippen LogP) is 4.15. The summed E-state index contributed by atoms with van der Waals surface area (Å²) >= 11 is 13.6. The van der Waals surface area contributed by atoms with Gasteiger partial charge in [-0.05, 0) is 42.7 Å². The molecule has 0 bridgehead atoms. The number of carbonyl (C=O) groups is 1. The number of nitrogens with two attached hydrogens (primary N) is 1. The van der Waals surface area contributed by atoms with E-state index < -0.39 is 5.69 Å². The minimum Gasteiger partial charge on any atom is -0.489 e. The van der Waals surface area contributed by atoms with Crippen LogP contribution in [0.3, 0.4) is 0 Å². The first-order chi connectivity index (χ1) is 20.1. The number of piperazine rings is 1. The highest BCUT2D eigenvalue weighted by Gasteiger charge is 2.37. The number of pyridine rings is 3. The van der Waals surface area contributed by atoms with Crippen LogP contribution in [-0.4, -0.2) is 67.6 Å². The number of aromatic nitrogens is 5. The lowest BCUT2D eigenvalue weighted by atomic mass is 10.0. The second kappa shape index (κ2) is 10.6. The van der Waals surface area contributed by atoms with E-state index in [0.29, 0.717) is 42.2 Å². The van der Waals surface area contributed by atoms with Crippen molar-refractivity contribution in [3.05, 3.63) is 68.8 Å². The van der Waals surface area contributed by atoms with Crippen molar-refractivity contribution in [3.63, 3.8) is 0 Å². The number of fused-ring (bicyclic) bond motifs is 2.